The van der Waals surface area contributed by atoms with Gasteiger partial charge in [0.05, 0.1) is 5.02 Å². The molecule has 94 valence electrons. The van der Waals surface area contributed by atoms with E-state index in [-0.39, 0.29) is 6.04 Å². The first kappa shape index (κ1) is 13.3. The van der Waals surface area contributed by atoms with Crippen molar-refractivity contribution in [2.45, 2.75) is 31.3 Å². The Bertz CT molecular complexity index is 385. The molecule has 1 aromatic carbocycles. The lowest BCUT2D eigenvalue weighted by Crippen LogP contribution is -2.37. The molecule has 0 bridgehead atoms. The van der Waals surface area contributed by atoms with Gasteiger partial charge in [-0.3, -0.25) is 4.90 Å². The van der Waals surface area contributed by atoms with Crippen LogP contribution < -0.4 is 5.73 Å². The number of likely N-dealkylation sites (N-methyl/N-ethyl adjacent to an activating group) is 1. The minimum atomic E-state index is 0.204. The summed E-state index contributed by atoms with van der Waals surface area (Å²) < 4.78 is 0.946. The maximum atomic E-state index is 6.30. The van der Waals surface area contributed by atoms with Gasteiger partial charge in [-0.25, -0.2) is 0 Å². The number of rotatable bonds is 1. The number of halogens is 2. The average molecular weight is 318 g/mol. The normalized spacial score (nSPS) is 26.8. The summed E-state index contributed by atoms with van der Waals surface area (Å²) in [5.41, 5.74) is 7.55. The summed E-state index contributed by atoms with van der Waals surface area (Å²) in [6, 6.07) is 6.61. The van der Waals surface area contributed by atoms with Gasteiger partial charge < -0.3 is 5.73 Å². The van der Waals surface area contributed by atoms with Crippen LogP contribution in [0.1, 0.15) is 30.9 Å². The monoisotopic (exact) mass is 316 g/mol. The van der Waals surface area contributed by atoms with Gasteiger partial charge >= 0.3 is 0 Å². The number of hydrogen-bond donors (Lipinski definition) is 1. The van der Waals surface area contributed by atoms with Gasteiger partial charge in [-0.15, -0.1) is 0 Å². The van der Waals surface area contributed by atoms with E-state index in [4.69, 9.17) is 17.3 Å². The molecule has 0 aromatic heterocycles. The number of benzene rings is 1. The Morgan fingerprint density at radius 3 is 2.88 bits per heavy atom. The molecule has 2 rings (SSSR count). The van der Waals surface area contributed by atoms with Crippen LogP contribution in [0.15, 0.2) is 22.7 Å². The van der Waals surface area contributed by atoms with Crippen molar-refractivity contribution in [2.24, 2.45) is 5.73 Å². The molecule has 1 aliphatic rings. The van der Waals surface area contributed by atoms with E-state index in [1.54, 1.807) is 0 Å². The van der Waals surface area contributed by atoms with E-state index in [0.29, 0.717) is 6.04 Å². The van der Waals surface area contributed by atoms with Crippen LogP contribution in [0.25, 0.3) is 0 Å². The van der Waals surface area contributed by atoms with Crippen LogP contribution in [0.3, 0.4) is 0 Å². The topological polar surface area (TPSA) is 29.3 Å². The highest BCUT2D eigenvalue weighted by Gasteiger charge is 2.26. The molecule has 1 heterocycles. The maximum Gasteiger partial charge on any atom is 0.0548 e. The summed E-state index contributed by atoms with van der Waals surface area (Å²) >= 11 is 9.51. The predicted molar refractivity (Wildman–Crippen MR) is 76.3 cm³/mol. The Morgan fingerprint density at radius 2 is 2.18 bits per heavy atom. The highest BCUT2D eigenvalue weighted by molar-refractivity contribution is 9.10. The van der Waals surface area contributed by atoms with Crippen LogP contribution in [0, 0.1) is 0 Å². The molecule has 0 saturated carbocycles. The zero-order chi connectivity index (χ0) is 12.4. The molecule has 4 heteroatoms. The van der Waals surface area contributed by atoms with Crippen molar-refractivity contribution in [1.82, 2.24) is 4.90 Å². The number of nitrogens with zero attached hydrogens (tertiary/aromatic N) is 1. The van der Waals surface area contributed by atoms with Crippen molar-refractivity contribution in [3.8, 4) is 0 Å². The second kappa shape index (κ2) is 5.70. The lowest BCUT2D eigenvalue weighted by Gasteiger charge is -2.30. The quantitative estimate of drug-likeness (QED) is 0.857. The summed E-state index contributed by atoms with van der Waals surface area (Å²) in [5, 5.41) is 0.749. The molecule has 1 saturated heterocycles. The van der Waals surface area contributed by atoms with E-state index >= 15 is 0 Å². The van der Waals surface area contributed by atoms with Gasteiger partial charge in [-0.05, 0) is 60.1 Å². The lowest BCUT2D eigenvalue weighted by molar-refractivity contribution is 0.230. The van der Waals surface area contributed by atoms with Gasteiger partial charge in [-0.1, -0.05) is 24.1 Å². The molecular weight excluding hydrogens is 300 g/mol. The van der Waals surface area contributed by atoms with Gasteiger partial charge in [0, 0.05) is 16.6 Å². The van der Waals surface area contributed by atoms with E-state index in [1.165, 1.54) is 18.4 Å². The molecule has 0 amide bonds. The maximum absolute atomic E-state index is 6.30. The Labute approximate surface area is 116 Å². The minimum Gasteiger partial charge on any atom is -0.326 e. The fourth-order valence-corrected chi connectivity index (χ4v) is 3.08. The van der Waals surface area contributed by atoms with Crippen LogP contribution in [0.2, 0.25) is 5.02 Å². The van der Waals surface area contributed by atoms with Crippen molar-refractivity contribution < 1.29 is 0 Å². The fraction of sp³-hybridized carbons (Fsp3) is 0.538. The van der Waals surface area contributed by atoms with Crippen LogP contribution in [-0.4, -0.2) is 24.5 Å². The molecule has 1 fully saturated rings. The summed E-state index contributed by atoms with van der Waals surface area (Å²) in [6.45, 7) is 1.11. The number of nitrogens with two attached hydrogens (primary N) is 1. The highest BCUT2D eigenvalue weighted by Crippen LogP contribution is 2.32. The van der Waals surface area contributed by atoms with E-state index in [9.17, 15) is 0 Å². The Balaban J connectivity index is 2.31. The van der Waals surface area contributed by atoms with Crippen molar-refractivity contribution in [3.05, 3.63) is 33.3 Å². The Kier molecular flexibility index (Phi) is 4.47. The van der Waals surface area contributed by atoms with Crippen molar-refractivity contribution in [2.75, 3.05) is 13.6 Å². The molecular formula is C13H18BrClN2. The smallest absolute Gasteiger partial charge is 0.0548 e. The van der Waals surface area contributed by atoms with Crippen LogP contribution in [0.4, 0.5) is 0 Å². The SMILES string of the molecule is CN1CCCCC(N)C1c1ccc(Cl)c(Br)c1. The van der Waals surface area contributed by atoms with Crippen molar-refractivity contribution in [1.29, 1.82) is 0 Å². The summed E-state index contributed by atoms with van der Waals surface area (Å²) in [6.07, 6.45) is 3.54. The lowest BCUT2D eigenvalue weighted by atomic mass is 9.97. The molecule has 1 aliphatic heterocycles. The molecule has 2 nitrogen and oxygen atoms in total. The third kappa shape index (κ3) is 3.02. The van der Waals surface area contributed by atoms with Crippen molar-refractivity contribution in [3.63, 3.8) is 0 Å². The highest BCUT2D eigenvalue weighted by atomic mass is 79.9. The molecule has 0 aliphatic carbocycles. The second-order valence-corrected chi connectivity index (χ2v) is 6.02. The molecule has 2 N–H and O–H groups in total. The summed E-state index contributed by atoms with van der Waals surface area (Å²) in [7, 11) is 2.15. The van der Waals surface area contributed by atoms with Gasteiger partial charge in [0.2, 0.25) is 0 Å². The largest absolute Gasteiger partial charge is 0.326 e. The van der Waals surface area contributed by atoms with Crippen LogP contribution in [-0.2, 0) is 0 Å². The Hall–Kier alpha value is -0.0900. The molecule has 0 spiro atoms. The number of likely N-dealkylation sites (tertiary alicyclic amines) is 1. The van der Waals surface area contributed by atoms with Crippen LogP contribution >= 0.6 is 27.5 Å². The first-order valence-electron chi connectivity index (χ1n) is 6.00. The molecule has 2 atom stereocenters. The average Bonchev–Trinajstić information content (AvgIpc) is 2.45. The molecule has 2 unspecified atom stereocenters. The van der Waals surface area contributed by atoms with E-state index in [1.807, 2.05) is 6.07 Å². The third-order valence-electron chi connectivity index (χ3n) is 3.46. The summed E-state index contributed by atoms with van der Waals surface area (Å²) in [4.78, 5) is 2.35. The Morgan fingerprint density at radius 1 is 1.41 bits per heavy atom. The zero-order valence-corrected chi connectivity index (χ0v) is 12.3. The van der Waals surface area contributed by atoms with E-state index in [0.717, 1.165) is 22.5 Å². The van der Waals surface area contributed by atoms with Crippen LogP contribution in [0.5, 0.6) is 0 Å². The standard InChI is InChI=1S/C13H18BrClN2/c1-17-7-3-2-4-12(16)13(17)9-5-6-11(15)10(14)8-9/h5-6,8,12-13H,2-4,7,16H2,1H3. The van der Waals surface area contributed by atoms with Gasteiger partial charge in [-0.2, -0.15) is 0 Å². The first-order valence-corrected chi connectivity index (χ1v) is 7.17. The van der Waals surface area contributed by atoms with E-state index in [2.05, 4.69) is 40.0 Å². The number of hydrogen-bond acceptors (Lipinski definition) is 2. The molecule has 17 heavy (non-hydrogen) atoms. The van der Waals surface area contributed by atoms with Gasteiger partial charge in [0.25, 0.3) is 0 Å². The zero-order valence-electron chi connectivity index (χ0n) is 10.00. The third-order valence-corrected chi connectivity index (χ3v) is 4.68. The molecule has 0 radical (unpaired) electrons. The van der Waals surface area contributed by atoms with Gasteiger partial charge in [0.15, 0.2) is 0 Å². The fourth-order valence-electron chi connectivity index (χ4n) is 2.56. The second-order valence-electron chi connectivity index (χ2n) is 4.76. The van der Waals surface area contributed by atoms with Gasteiger partial charge in [0.1, 0.15) is 0 Å². The molecule has 1 aromatic rings. The first-order chi connectivity index (χ1) is 8.09. The van der Waals surface area contributed by atoms with E-state index < -0.39 is 0 Å². The van der Waals surface area contributed by atoms with Crippen molar-refractivity contribution >= 4 is 27.5 Å². The minimum absolute atomic E-state index is 0.204. The predicted octanol–water partition coefficient (Wildman–Crippen LogP) is 3.59. The summed E-state index contributed by atoms with van der Waals surface area (Å²) in [5.74, 6) is 0.